The highest BCUT2D eigenvalue weighted by Crippen LogP contribution is 2.36. The van der Waals surface area contributed by atoms with E-state index in [-0.39, 0.29) is 39.6 Å². The maximum atomic E-state index is 10.9. The summed E-state index contributed by atoms with van der Waals surface area (Å²) in [5, 5.41) is 21.0. The van der Waals surface area contributed by atoms with E-state index < -0.39 is 18.2 Å². The van der Waals surface area contributed by atoms with Crippen molar-refractivity contribution < 1.29 is 23.7 Å². The van der Waals surface area contributed by atoms with Crippen LogP contribution < -0.4 is 0 Å². The van der Waals surface area contributed by atoms with Crippen molar-refractivity contribution in [2.45, 2.75) is 77.1 Å². The molecule has 1 fully saturated rings. The highest BCUT2D eigenvalue weighted by atomic mass is 35.5. The van der Waals surface area contributed by atoms with E-state index in [1.54, 1.807) is 0 Å². The first kappa shape index (κ1) is 30.1. The Balaban J connectivity index is 0.000000425. The van der Waals surface area contributed by atoms with Gasteiger partial charge in [-0.05, 0) is 75.4 Å². The maximum Gasteiger partial charge on any atom is 0.383 e. The predicted octanol–water partition coefficient (Wildman–Crippen LogP) is 5.35. The summed E-state index contributed by atoms with van der Waals surface area (Å²) in [6, 6.07) is 0. The summed E-state index contributed by atoms with van der Waals surface area (Å²) < 4.78 is 19.7. The van der Waals surface area contributed by atoms with E-state index in [9.17, 15) is 20.2 Å². The molecule has 0 radical (unpaired) electrons. The van der Waals surface area contributed by atoms with Crippen molar-refractivity contribution in [3.8, 4) is 0 Å². The Labute approximate surface area is 219 Å². The first-order valence-electron chi connectivity index (χ1n) is 11.3. The SMILES string of the molecule is CC(C)(C)[Si](C)(C)OCC(Cn1cc([N+](=O)[O-])nc1Cl)OC1CCCCO1.O=[N+]([O-])c1cnc(Cl)[nH]1. The molecule has 13 nitrogen and oxygen atoms in total. The third-order valence-electron chi connectivity index (χ3n) is 5.95. The normalized spacial score (nSPS) is 17.2. The molecule has 16 heteroatoms. The number of ether oxygens (including phenoxy) is 2. The third kappa shape index (κ3) is 9.08. The van der Waals surface area contributed by atoms with Crippen molar-refractivity contribution in [1.82, 2.24) is 19.5 Å². The second-order valence-electron chi connectivity index (χ2n) is 9.72. The van der Waals surface area contributed by atoms with Gasteiger partial charge in [-0.25, -0.2) is 4.98 Å². The molecule has 2 atom stereocenters. The van der Waals surface area contributed by atoms with Crippen molar-refractivity contribution in [3.63, 3.8) is 0 Å². The molecule has 1 N–H and O–H groups in total. The maximum absolute atomic E-state index is 10.9. The number of H-pyrrole nitrogens is 1. The van der Waals surface area contributed by atoms with Gasteiger partial charge in [-0.2, -0.15) is 4.98 Å². The van der Waals surface area contributed by atoms with Crippen LogP contribution in [0.5, 0.6) is 0 Å². The minimum atomic E-state index is -1.96. The standard InChI is InChI=1S/C17H30ClN3O5Si.C3H2ClN3O2/c1-17(2,3)27(4,5)25-12-13(26-15-8-6-7-9-24-15)10-20-11-14(21(22)23)19-16(20)18;4-3-5-1-2(6-3)7(8)9/h11,13,15H,6-10,12H2,1-5H3;1H,(H,5,6). The molecule has 202 valence electrons. The van der Waals surface area contributed by atoms with Gasteiger partial charge in [-0.1, -0.05) is 20.8 Å². The molecule has 0 saturated carbocycles. The van der Waals surface area contributed by atoms with Gasteiger partial charge in [0.15, 0.2) is 14.6 Å². The summed E-state index contributed by atoms with van der Waals surface area (Å²) in [7, 11) is -1.96. The zero-order chi connectivity index (χ0) is 27.1. The monoisotopic (exact) mass is 566 g/mol. The fourth-order valence-electron chi connectivity index (χ4n) is 2.88. The highest BCUT2D eigenvalue weighted by Gasteiger charge is 2.38. The fourth-order valence-corrected chi connectivity index (χ4v) is 4.27. The fraction of sp³-hybridized carbons (Fsp3) is 0.700. The lowest BCUT2D eigenvalue weighted by Gasteiger charge is -2.37. The van der Waals surface area contributed by atoms with Crippen molar-refractivity contribution in [2.75, 3.05) is 13.2 Å². The topological polar surface area (TPSA) is 160 Å². The number of nitrogens with zero attached hydrogens (tertiary/aromatic N) is 5. The van der Waals surface area contributed by atoms with Crippen molar-refractivity contribution >= 4 is 43.2 Å². The number of hydrogen-bond donors (Lipinski definition) is 1. The summed E-state index contributed by atoms with van der Waals surface area (Å²) >= 11 is 11.3. The van der Waals surface area contributed by atoms with E-state index in [2.05, 4.69) is 48.8 Å². The summed E-state index contributed by atoms with van der Waals surface area (Å²) in [5.74, 6) is -0.474. The second-order valence-corrected chi connectivity index (χ2v) is 15.2. The van der Waals surface area contributed by atoms with Crippen molar-refractivity contribution in [2.24, 2.45) is 0 Å². The van der Waals surface area contributed by atoms with Crippen LogP contribution in [-0.4, -0.2) is 63.3 Å². The first-order valence-corrected chi connectivity index (χ1v) is 15.0. The van der Waals surface area contributed by atoms with Gasteiger partial charge >= 0.3 is 16.9 Å². The van der Waals surface area contributed by atoms with Gasteiger partial charge in [-0.3, -0.25) is 4.57 Å². The quantitative estimate of drug-likeness (QED) is 0.239. The molecule has 1 saturated heterocycles. The van der Waals surface area contributed by atoms with Crippen molar-refractivity contribution in [3.05, 3.63) is 43.2 Å². The minimum Gasteiger partial charge on any atom is -0.414 e. The van der Waals surface area contributed by atoms with Gasteiger partial charge in [0.2, 0.25) is 0 Å². The minimum absolute atomic E-state index is 0.0294. The van der Waals surface area contributed by atoms with Crippen molar-refractivity contribution in [1.29, 1.82) is 0 Å². The Morgan fingerprint density at radius 2 is 1.97 bits per heavy atom. The van der Waals surface area contributed by atoms with Crippen LogP contribution >= 0.6 is 23.2 Å². The molecule has 0 aliphatic carbocycles. The van der Waals surface area contributed by atoms with Gasteiger partial charge in [0, 0.05) is 6.61 Å². The molecule has 2 aromatic heterocycles. The average molecular weight is 568 g/mol. The first-order chi connectivity index (χ1) is 16.7. The van der Waals surface area contributed by atoms with E-state index in [1.807, 2.05) is 0 Å². The van der Waals surface area contributed by atoms with Crippen LogP contribution in [0.1, 0.15) is 40.0 Å². The highest BCUT2D eigenvalue weighted by molar-refractivity contribution is 6.74. The van der Waals surface area contributed by atoms with E-state index in [0.717, 1.165) is 25.5 Å². The third-order valence-corrected chi connectivity index (χ3v) is 10.9. The van der Waals surface area contributed by atoms with E-state index in [1.165, 1.54) is 10.8 Å². The van der Waals surface area contributed by atoms with E-state index >= 15 is 0 Å². The van der Waals surface area contributed by atoms with E-state index in [4.69, 9.17) is 37.1 Å². The number of hydrogen-bond acceptors (Lipinski definition) is 9. The Morgan fingerprint density at radius 1 is 1.28 bits per heavy atom. The zero-order valence-corrected chi connectivity index (χ0v) is 23.4. The Hall–Kier alpha value is -2.10. The lowest BCUT2D eigenvalue weighted by atomic mass is 10.2. The van der Waals surface area contributed by atoms with Crippen LogP contribution in [0, 0.1) is 20.2 Å². The summed E-state index contributed by atoms with van der Waals surface area (Å²) in [5.41, 5.74) is 0. The molecule has 1 aliphatic rings. The summed E-state index contributed by atoms with van der Waals surface area (Å²) in [4.78, 5) is 29.1. The smallest absolute Gasteiger partial charge is 0.383 e. The van der Waals surface area contributed by atoms with E-state index in [0.29, 0.717) is 19.8 Å². The molecule has 36 heavy (non-hydrogen) atoms. The number of halogens is 2. The average Bonchev–Trinajstić information content (AvgIpc) is 3.38. The van der Waals surface area contributed by atoms with Gasteiger partial charge in [0.1, 0.15) is 18.5 Å². The second kappa shape index (κ2) is 12.9. The zero-order valence-electron chi connectivity index (χ0n) is 20.9. The molecule has 0 aromatic carbocycles. The number of aromatic amines is 1. The Morgan fingerprint density at radius 3 is 2.42 bits per heavy atom. The largest absolute Gasteiger partial charge is 0.414 e. The van der Waals surface area contributed by atoms with Crippen LogP contribution in [0.4, 0.5) is 11.6 Å². The van der Waals surface area contributed by atoms with Gasteiger partial charge < -0.3 is 34.1 Å². The number of nitro groups is 2. The van der Waals surface area contributed by atoms with Gasteiger partial charge in [-0.15, -0.1) is 0 Å². The van der Waals surface area contributed by atoms with Crippen LogP contribution in [0.2, 0.25) is 28.7 Å². The molecule has 3 heterocycles. The molecular weight excluding hydrogens is 535 g/mol. The predicted molar refractivity (Wildman–Crippen MR) is 136 cm³/mol. The lowest BCUT2D eigenvalue weighted by Crippen LogP contribution is -2.44. The number of rotatable bonds is 9. The number of aromatic nitrogens is 4. The molecule has 2 aromatic rings. The molecular formula is C20H32Cl2N6O7Si. The molecule has 0 amide bonds. The summed E-state index contributed by atoms with van der Waals surface area (Å²) in [6.07, 6.45) is 4.67. The van der Waals surface area contributed by atoms with Crippen LogP contribution in [-0.2, 0) is 20.4 Å². The molecule has 2 unspecified atom stereocenters. The molecule has 0 spiro atoms. The Kier molecular flexibility index (Phi) is 10.8. The molecule has 1 aliphatic heterocycles. The van der Waals surface area contributed by atoms with Crippen LogP contribution in [0.25, 0.3) is 0 Å². The van der Waals surface area contributed by atoms with Gasteiger partial charge in [0.25, 0.3) is 5.28 Å². The Bertz CT molecular complexity index is 1020. The lowest BCUT2D eigenvalue weighted by molar-refractivity contribution is -0.389. The summed E-state index contributed by atoms with van der Waals surface area (Å²) in [6.45, 7) is 12.2. The molecule has 3 rings (SSSR count). The molecule has 0 bridgehead atoms. The van der Waals surface area contributed by atoms with Crippen LogP contribution in [0.15, 0.2) is 12.4 Å². The number of imidazole rings is 2. The van der Waals surface area contributed by atoms with Gasteiger partial charge in [0.05, 0.1) is 13.2 Å². The number of nitrogens with one attached hydrogen (secondary N) is 1. The van der Waals surface area contributed by atoms with Crippen LogP contribution in [0.3, 0.4) is 0 Å².